The summed E-state index contributed by atoms with van der Waals surface area (Å²) >= 11 is 0. The van der Waals surface area contributed by atoms with Crippen molar-refractivity contribution in [3.05, 3.63) is 12.7 Å². The van der Waals surface area contributed by atoms with Crippen LogP contribution in [0.2, 0.25) is 0 Å². The first kappa shape index (κ1) is 11.1. The van der Waals surface area contributed by atoms with Gasteiger partial charge in [-0.05, 0) is 0 Å². The Hall–Kier alpha value is -0.890. The molecule has 3 nitrogen and oxygen atoms in total. The molecular formula is C7H10FNO2S. The van der Waals surface area contributed by atoms with Crippen molar-refractivity contribution in [2.24, 2.45) is 0 Å². The van der Waals surface area contributed by atoms with E-state index in [1.807, 2.05) is 0 Å². The van der Waals surface area contributed by atoms with Crippen LogP contribution in [0.5, 0.6) is 0 Å². The number of nitriles is 1. The van der Waals surface area contributed by atoms with Crippen molar-refractivity contribution in [2.45, 2.75) is 11.2 Å². The van der Waals surface area contributed by atoms with Gasteiger partial charge < -0.3 is 0 Å². The van der Waals surface area contributed by atoms with Crippen LogP contribution in [0.15, 0.2) is 12.7 Å². The molecule has 0 spiro atoms. The molecule has 0 fully saturated rings. The van der Waals surface area contributed by atoms with E-state index in [1.54, 1.807) is 0 Å². The van der Waals surface area contributed by atoms with E-state index in [2.05, 4.69) is 6.58 Å². The number of nitrogens with zero attached hydrogens (tertiary/aromatic N) is 1. The highest BCUT2D eigenvalue weighted by atomic mass is 32.2. The maximum absolute atomic E-state index is 12.3. The van der Waals surface area contributed by atoms with Gasteiger partial charge in [0.1, 0.15) is 6.67 Å². The molecule has 0 aromatic heterocycles. The van der Waals surface area contributed by atoms with Gasteiger partial charge in [0.25, 0.3) is 0 Å². The van der Waals surface area contributed by atoms with E-state index in [0.717, 1.165) is 6.26 Å². The van der Waals surface area contributed by atoms with E-state index in [0.29, 0.717) is 0 Å². The third-order valence-corrected chi connectivity index (χ3v) is 3.39. The normalized spacial score (nSPS) is 16.1. The Morgan fingerprint density at radius 1 is 1.75 bits per heavy atom. The fourth-order valence-corrected chi connectivity index (χ4v) is 1.48. The molecule has 0 amide bonds. The highest BCUT2D eigenvalue weighted by Crippen LogP contribution is 2.21. The summed E-state index contributed by atoms with van der Waals surface area (Å²) in [5.41, 5.74) is 0. The molecule has 0 rings (SSSR count). The second-order valence-electron chi connectivity index (χ2n) is 2.50. The zero-order valence-electron chi connectivity index (χ0n) is 6.75. The monoisotopic (exact) mass is 191 g/mol. The molecule has 1 atom stereocenters. The smallest absolute Gasteiger partial charge is 0.189 e. The van der Waals surface area contributed by atoms with Gasteiger partial charge in [0.05, 0.1) is 6.07 Å². The molecule has 0 aliphatic carbocycles. The molecule has 0 aromatic rings. The molecule has 0 heterocycles. The van der Waals surface area contributed by atoms with Gasteiger partial charge in [-0.3, -0.25) is 0 Å². The lowest BCUT2D eigenvalue weighted by molar-refractivity contribution is 0.424. The fraction of sp³-hybridized carbons (Fsp3) is 0.571. The van der Waals surface area contributed by atoms with Gasteiger partial charge in [-0.25, -0.2) is 12.8 Å². The van der Waals surface area contributed by atoms with Crippen molar-refractivity contribution in [2.75, 3.05) is 12.9 Å². The molecule has 0 aliphatic rings. The molecule has 0 saturated heterocycles. The molecule has 68 valence electrons. The highest BCUT2D eigenvalue weighted by molar-refractivity contribution is 7.92. The van der Waals surface area contributed by atoms with Crippen LogP contribution in [0, 0.1) is 11.3 Å². The molecule has 0 N–H and O–H groups in total. The summed E-state index contributed by atoms with van der Waals surface area (Å²) < 4.78 is 32.4. The molecule has 12 heavy (non-hydrogen) atoms. The summed E-state index contributed by atoms with van der Waals surface area (Å²) in [6, 6.07) is 1.47. The standard InChI is InChI=1S/C7H10FNO2S/c1-3-4-7(5-8,6-9)12(2,10)11/h3H,1,4-5H2,2H3/t7-/m0/s1. The van der Waals surface area contributed by atoms with Crippen LogP contribution >= 0.6 is 0 Å². The maximum Gasteiger partial charge on any atom is 0.189 e. The van der Waals surface area contributed by atoms with E-state index >= 15 is 0 Å². The minimum Gasteiger partial charge on any atom is -0.248 e. The van der Waals surface area contributed by atoms with E-state index in [4.69, 9.17) is 5.26 Å². The summed E-state index contributed by atoms with van der Waals surface area (Å²) in [5, 5.41) is 8.53. The van der Waals surface area contributed by atoms with Crippen LogP contribution in [-0.2, 0) is 9.84 Å². The fourth-order valence-electron chi connectivity index (χ4n) is 0.697. The molecule has 0 radical (unpaired) electrons. The number of allylic oxidation sites excluding steroid dienone is 1. The Morgan fingerprint density at radius 3 is 2.33 bits per heavy atom. The van der Waals surface area contributed by atoms with Crippen molar-refractivity contribution < 1.29 is 12.8 Å². The molecule has 0 unspecified atom stereocenters. The highest BCUT2D eigenvalue weighted by Gasteiger charge is 2.40. The molecule has 0 aliphatic heterocycles. The Balaban J connectivity index is 5.14. The maximum atomic E-state index is 12.3. The van der Waals surface area contributed by atoms with Crippen molar-refractivity contribution in [1.29, 1.82) is 5.26 Å². The number of rotatable bonds is 4. The van der Waals surface area contributed by atoms with Gasteiger partial charge in [-0.15, -0.1) is 6.58 Å². The van der Waals surface area contributed by atoms with Crippen LogP contribution in [0.1, 0.15) is 6.42 Å². The predicted octanol–water partition coefficient (Wildman–Crippen LogP) is 0.839. The molecule has 0 bridgehead atoms. The zero-order valence-corrected chi connectivity index (χ0v) is 7.57. The van der Waals surface area contributed by atoms with E-state index in [9.17, 15) is 12.8 Å². The van der Waals surface area contributed by atoms with E-state index < -0.39 is 21.3 Å². The van der Waals surface area contributed by atoms with Crippen LogP contribution in [-0.4, -0.2) is 26.1 Å². The first-order valence-corrected chi connectivity index (χ1v) is 5.10. The van der Waals surface area contributed by atoms with Crippen LogP contribution < -0.4 is 0 Å². The topological polar surface area (TPSA) is 57.9 Å². The average Bonchev–Trinajstić information content (AvgIpc) is 1.98. The van der Waals surface area contributed by atoms with Gasteiger partial charge in [0.15, 0.2) is 14.6 Å². The average molecular weight is 191 g/mol. The van der Waals surface area contributed by atoms with Gasteiger partial charge in [0, 0.05) is 12.7 Å². The van der Waals surface area contributed by atoms with E-state index in [-0.39, 0.29) is 6.42 Å². The number of hydrogen-bond donors (Lipinski definition) is 0. The molecular weight excluding hydrogens is 181 g/mol. The summed E-state index contributed by atoms with van der Waals surface area (Å²) in [7, 11) is -3.70. The molecule has 0 aromatic carbocycles. The van der Waals surface area contributed by atoms with Crippen molar-refractivity contribution >= 4 is 9.84 Å². The lowest BCUT2D eigenvalue weighted by Gasteiger charge is -2.18. The largest absolute Gasteiger partial charge is 0.248 e. The van der Waals surface area contributed by atoms with Crippen molar-refractivity contribution in [3.63, 3.8) is 0 Å². The lowest BCUT2D eigenvalue weighted by Crippen LogP contribution is -2.38. The number of sulfone groups is 1. The summed E-state index contributed by atoms with van der Waals surface area (Å²) in [5.74, 6) is 0. The molecule has 0 saturated carbocycles. The van der Waals surface area contributed by atoms with Crippen molar-refractivity contribution in [1.82, 2.24) is 0 Å². The third-order valence-electron chi connectivity index (χ3n) is 1.60. The summed E-state index contributed by atoms with van der Waals surface area (Å²) in [6.45, 7) is 2.07. The third kappa shape index (κ3) is 1.83. The Kier molecular flexibility index (Phi) is 3.40. The molecule has 5 heteroatoms. The quantitative estimate of drug-likeness (QED) is 0.619. The van der Waals surface area contributed by atoms with Crippen molar-refractivity contribution in [3.8, 4) is 6.07 Å². The minimum atomic E-state index is -3.70. The summed E-state index contributed by atoms with van der Waals surface area (Å²) in [4.78, 5) is 0. The first-order valence-electron chi connectivity index (χ1n) is 3.21. The zero-order chi connectivity index (χ0) is 9.83. The number of alkyl halides is 1. The van der Waals surface area contributed by atoms with Gasteiger partial charge in [-0.1, -0.05) is 6.08 Å². The summed E-state index contributed by atoms with van der Waals surface area (Å²) in [6.07, 6.45) is 1.89. The minimum absolute atomic E-state index is 0.182. The Bertz CT molecular complexity index is 304. The van der Waals surface area contributed by atoms with Crippen LogP contribution in [0.4, 0.5) is 4.39 Å². The van der Waals surface area contributed by atoms with Crippen LogP contribution in [0.25, 0.3) is 0 Å². The van der Waals surface area contributed by atoms with Gasteiger partial charge >= 0.3 is 0 Å². The van der Waals surface area contributed by atoms with Gasteiger partial charge in [-0.2, -0.15) is 5.26 Å². The predicted molar refractivity (Wildman–Crippen MR) is 44.0 cm³/mol. The number of halogens is 1. The lowest BCUT2D eigenvalue weighted by atomic mass is 10.1. The Labute approximate surface area is 71.4 Å². The SMILES string of the molecule is C=CC[C@@](C#N)(CF)S(C)(=O)=O. The first-order chi connectivity index (χ1) is 5.43. The van der Waals surface area contributed by atoms with E-state index in [1.165, 1.54) is 12.1 Å². The van der Waals surface area contributed by atoms with Crippen LogP contribution in [0.3, 0.4) is 0 Å². The van der Waals surface area contributed by atoms with Gasteiger partial charge in [0.2, 0.25) is 0 Å². The second-order valence-corrected chi connectivity index (χ2v) is 4.83. The Morgan fingerprint density at radius 2 is 2.25 bits per heavy atom. The number of hydrogen-bond acceptors (Lipinski definition) is 3. The second kappa shape index (κ2) is 3.68.